The van der Waals surface area contributed by atoms with Gasteiger partial charge in [-0.05, 0) is 38.0 Å². The van der Waals surface area contributed by atoms with E-state index in [-0.39, 0.29) is 23.3 Å². The fourth-order valence-corrected chi connectivity index (χ4v) is 4.68. The van der Waals surface area contributed by atoms with Crippen LogP contribution in [0.1, 0.15) is 24.4 Å². The molecule has 1 aliphatic rings. The van der Waals surface area contributed by atoms with Gasteiger partial charge in [0, 0.05) is 18.7 Å². The van der Waals surface area contributed by atoms with E-state index in [9.17, 15) is 9.59 Å². The van der Waals surface area contributed by atoms with Crippen LogP contribution in [0.3, 0.4) is 0 Å². The number of benzene rings is 1. The molecule has 4 aromatic rings. The number of piperidine rings is 1. The van der Waals surface area contributed by atoms with Crippen molar-refractivity contribution in [2.24, 2.45) is 0 Å². The molecule has 0 aliphatic carbocycles. The van der Waals surface area contributed by atoms with Crippen LogP contribution < -0.4 is 16.0 Å². The van der Waals surface area contributed by atoms with E-state index >= 15 is 0 Å². The second kappa shape index (κ2) is 7.80. The van der Waals surface area contributed by atoms with Gasteiger partial charge in [0.2, 0.25) is 5.91 Å². The van der Waals surface area contributed by atoms with Crippen molar-refractivity contribution >= 4 is 33.6 Å². The summed E-state index contributed by atoms with van der Waals surface area (Å²) in [6.45, 7) is 6.60. The summed E-state index contributed by atoms with van der Waals surface area (Å²) in [4.78, 5) is 26.6. The van der Waals surface area contributed by atoms with E-state index in [0.29, 0.717) is 41.3 Å². The normalized spacial score (nSPS) is 16.4. The number of nitrogens with zero attached hydrogens (tertiary/aromatic N) is 4. The highest BCUT2D eigenvalue weighted by Gasteiger charge is 2.31. The molecule has 1 amide bonds. The van der Waals surface area contributed by atoms with Gasteiger partial charge in [0.05, 0.1) is 23.9 Å². The Morgan fingerprint density at radius 1 is 1.39 bits per heavy atom. The molecule has 1 aromatic carbocycles. The Labute approximate surface area is 188 Å². The minimum absolute atomic E-state index is 0.137. The van der Waals surface area contributed by atoms with Crippen LogP contribution in [0, 0.1) is 6.92 Å². The standard InChI is InChI=1S/C23H24N6O4/c1-4-16(30)28-10-6-7-13(11-28)29-20(18-19(27-29)23(31)26-25-22(18)24)21-12(2)17-14(32-3)8-5-9-15(17)33-21/h4-5,8-9,13H,1,6-7,10-11H2,2-3H3,(H2,24,25)(H,26,31). The average molecular weight is 448 g/mol. The monoisotopic (exact) mass is 448 g/mol. The number of methoxy groups -OCH3 is 1. The fraction of sp³-hybridized carbons (Fsp3) is 0.304. The molecule has 33 heavy (non-hydrogen) atoms. The van der Waals surface area contributed by atoms with Gasteiger partial charge in [-0.1, -0.05) is 12.6 Å². The number of furan rings is 1. The highest BCUT2D eigenvalue weighted by Crippen LogP contribution is 2.42. The molecule has 0 bridgehead atoms. The predicted octanol–water partition coefficient (Wildman–Crippen LogP) is 2.78. The smallest absolute Gasteiger partial charge is 0.292 e. The second-order valence-electron chi connectivity index (χ2n) is 8.13. The Balaban J connectivity index is 1.79. The lowest BCUT2D eigenvalue weighted by molar-refractivity contribution is -0.127. The molecule has 10 nitrogen and oxygen atoms in total. The number of amides is 1. The van der Waals surface area contributed by atoms with Gasteiger partial charge in [-0.3, -0.25) is 14.3 Å². The predicted molar refractivity (Wildman–Crippen MR) is 124 cm³/mol. The van der Waals surface area contributed by atoms with Crippen LogP contribution in [0.5, 0.6) is 5.75 Å². The van der Waals surface area contributed by atoms with E-state index in [1.165, 1.54) is 6.08 Å². The van der Waals surface area contributed by atoms with Crippen LogP contribution in [-0.4, -0.2) is 51.0 Å². The summed E-state index contributed by atoms with van der Waals surface area (Å²) in [7, 11) is 1.61. The number of rotatable bonds is 4. The number of fused-ring (bicyclic) bond motifs is 2. The number of H-pyrrole nitrogens is 1. The molecule has 3 N–H and O–H groups in total. The van der Waals surface area contributed by atoms with Crippen LogP contribution >= 0.6 is 0 Å². The summed E-state index contributed by atoms with van der Waals surface area (Å²) in [5.74, 6) is 1.22. The number of hydrogen-bond acceptors (Lipinski definition) is 7. The molecule has 1 atom stereocenters. The summed E-state index contributed by atoms with van der Waals surface area (Å²) >= 11 is 0. The maximum atomic E-state index is 12.6. The molecule has 170 valence electrons. The zero-order valence-corrected chi connectivity index (χ0v) is 18.4. The van der Waals surface area contributed by atoms with E-state index in [2.05, 4.69) is 21.9 Å². The van der Waals surface area contributed by atoms with Crippen molar-refractivity contribution in [2.45, 2.75) is 25.8 Å². The zero-order valence-electron chi connectivity index (χ0n) is 18.4. The second-order valence-corrected chi connectivity index (χ2v) is 8.13. The quantitative estimate of drug-likeness (QED) is 0.459. The Bertz CT molecular complexity index is 1460. The van der Waals surface area contributed by atoms with Gasteiger partial charge in [-0.2, -0.15) is 10.2 Å². The molecular formula is C23H24N6O4. The van der Waals surface area contributed by atoms with Crippen molar-refractivity contribution in [1.82, 2.24) is 24.9 Å². The maximum Gasteiger partial charge on any atom is 0.292 e. The fourth-order valence-electron chi connectivity index (χ4n) is 4.68. The first-order valence-electron chi connectivity index (χ1n) is 10.7. The van der Waals surface area contributed by atoms with Crippen LogP contribution in [0.25, 0.3) is 33.3 Å². The number of nitrogens with one attached hydrogen (secondary N) is 1. The molecule has 10 heteroatoms. The van der Waals surface area contributed by atoms with Gasteiger partial charge < -0.3 is 19.8 Å². The molecular weight excluding hydrogens is 424 g/mol. The lowest BCUT2D eigenvalue weighted by Crippen LogP contribution is -2.40. The average Bonchev–Trinajstić information content (AvgIpc) is 3.40. The first-order chi connectivity index (χ1) is 15.9. The Morgan fingerprint density at radius 2 is 2.21 bits per heavy atom. The number of likely N-dealkylation sites (tertiary alicyclic amines) is 1. The highest BCUT2D eigenvalue weighted by atomic mass is 16.5. The molecule has 1 saturated heterocycles. The van der Waals surface area contributed by atoms with E-state index in [1.54, 1.807) is 16.7 Å². The first kappa shape index (κ1) is 20.8. The first-order valence-corrected chi connectivity index (χ1v) is 10.7. The van der Waals surface area contributed by atoms with Gasteiger partial charge in [-0.15, -0.1) is 0 Å². The van der Waals surface area contributed by atoms with E-state index in [4.69, 9.17) is 14.9 Å². The number of carbonyl (C=O) groups excluding carboxylic acids is 1. The summed E-state index contributed by atoms with van der Waals surface area (Å²) in [6.07, 6.45) is 2.87. The SMILES string of the molecule is C=CC(=O)N1CCCC(n2nc3c(=O)[nH]nc(N)c3c2-c2oc3cccc(OC)c3c2C)C1. The molecule has 1 fully saturated rings. The third kappa shape index (κ3) is 3.17. The molecule has 0 radical (unpaired) electrons. The summed E-state index contributed by atoms with van der Waals surface area (Å²) in [5, 5.41) is 12.3. The number of carbonyl (C=O) groups is 1. The van der Waals surface area contributed by atoms with Crippen molar-refractivity contribution in [1.29, 1.82) is 0 Å². The molecule has 5 rings (SSSR count). The van der Waals surface area contributed by atoms with Gasteiger partial charge in [-0.25, -0.2) is 5.10 Å². The number of aromatic nitrogens is 4. The van der Waals surface area contributed by atoms with Gasteiger partial charge >= 0.3 is 0 Å². The van der Waals surface area contributed by atoms with Crippen LogP contribution in [0.2, 0.25) is 0 Å². The molecule has 4 heterocycles. The van der Waals surface area contributed by atoms with Gasteiger partial charge in [0.25, 0.3) is 5.56 Å². The summed E-state index contributed by atoms with van der Waals surface area (Å²) in [5.41, 5.74) is 8.00. The largest absolute Gasteiger partial charge is 0.496 e. The summed E-state index contributed by atoms with van der Waals surface area (Å²) in [6, 6.07) is 5.39. The Hall–Kier alpha value is -4.08. The van der Waals surface area contributed by atoms with Crippen molar-refractivity contribution in [3.05, 3.63) is 46.8 Å². The van der Waals surface area contributed by atoms with Gasteiger partial charge in [0.1, 0.15) is 17.0 Å². The van der Waals surface area contributed by atoms with Gasteiger partial charge in [0.15, 0.2) is 17.1 Å². The van der Waals surface area contributed by atoms with Crippen molar-refractivity contribution in [3.8, 4) is 17.2 Å². The zero-order chi connectivity index (χ0) is 23.3. The van der Waals surface area contributed by atoms with E-state index < -0.39 is 5.56 Å². The van der Waals surface area contributed by atoms with Crippen molar-refractivity contribution < 1.29 is 13.9 Å². The molecule has 0 saturated carbocycles. The third-order valence-electron chi connectivity index (χ3n) is 6.24. The number of anilines is 1. The number of nitrogens with two attached hydrogens (primary N) is 1. The Morgan fingerprint density at radius 3 is 2.97 bits per heavy atom. The topological polar surface area (TPSA) is 132 Å². The van der Waals surface area contributed by atoms with E-state index in [0.717, 1.165) is 23.8 Å². The number of aryl methyl sites for hydroxylation is 1. The number of hydrogen-bond donors (Lipinski definition) is 2. The van der Waals surface area contributed by atoms with Crippen molar-refractivity contribution in [3.63, 3.8) is 0 Å². The minimum atomic E-state index is -0.444. The number of ether oxygens (including phenoxy) is 1. The highest BCUT2D eigenvalue weighted by molar-refractivity contribution is 6.02. The van der Waals surface area contributed by atoms with E-state index in [1.807, 2.05) is 25.1 Å². The minimum Gasteiger partial charge on any atom is -0.496 e. The van der Waals surface area contributed by atoms with Crippen molar-refractivity contribution in [2.75, 3.05) is 25.9 Å². The molecule has 1 aliphatic heterocycles. The molecule has 3 aromatic heterocycles. The van der Waals surface area contributed by atoms with Crippen LogP contribution in [-0.2, 0) is 4.79 Å². The number of nitrogen functional groups attached to an aromatic ring is 1. The number of aromatic amines is 1. The van der Waals surface area contributed by atoms with Crippen LogP contribution in [0.4, 0.5) is 5.82 Å². The van der Waals surface area contributed by atoms with Crippen LogP contribution in [0.15, 0.2) is 40.1 Å². The molecule has 1 unspecified atom stereocenters. The lowest BCUT2D eigenvalue weighted by atomic mass is 10.0. The molecule has 0 spiro atoms. The Kier molecular flexibility index (Phi) is 4.92. The lowest BCUT2D eigenvalue weighted by Gasteiger charge is -2.32. The summed E-state index contributed by atoms with van der Waals surface area (Å²) < 4.78 is 13.6. The maximum absolute atomic E-state index is 12.6. The third-order valence-corrected chi connectivity index (χ3v) is 6.24.